The highest BCUT2D eigenvalue weighted by atomic mass is 127. The molecule has 0 aliphatic rings. The van der Waals surface area contributed by atoms with Gasteiger partial charge in [-0.2, -0.15) is 0 Å². The topological polar surface area (TPSA) is 92.0 Å². The Morgan fingerprint density at radius 3 is 2.37 bits per heavy atom. The Balaban J connectivity index is 0.00000676. The van der Waals surface area contributed by atoms with Crippen LogP contribution in [0.1, 0.15) is 53.2 Å². The van der Waals surface area contributed by atoms with Gasteiger partial charge in [0.15, 0.2) is 5.96 Å². The summed E-state index contributed by atoms with van der Waals surface area (Å²) in [5.41, 5.74) is -0.574. The van der Waals surface area contributed by atoms with Crippen molar-refractivity contribution in [1.29, 1.82) is 0 Å². The number of oxazole rings is 1. The molecule has 0 saturated heterocycles. The van der Waals surface area contributed by atoms with E-state index in [2.05, 4.69) is 41.4 Å². The van der Waals surface area contributed by atoms with Crippen LogP contribution in [0.2, 0.25) is 0 Å². The van der Waals surface area contributed by atoms with E-state index in [1.165, 1.54) is 4.90 Å². The van der Waals surface area contributed by atoms with Crippen molar-refractivity contribution in [2.45, 2.75) is 59.1 Å². The molecule has 1 rings (SSSR count). The predicted octanol–water partition coefficient (Wildman–Crippen LogP) is 3.12. The average Bonchev–Trinajstić information content (AvgIpc) is 2.97. The second kappa shape index (κ2) is 10.7. The Morgan fingerprint density at radius 2 is 1.89 bits per heavy atom. The molecule has 156 valence electrons. The Bertz CT molecular complexity index is 617. The molecular formula is C18H34IN5O3. The summed E-state index contributed by atoms with van der Waals surface area (Å²) in [6, 6.07) is 0. The lowest BCUT2D eigenvalue weighted by Crippen LogP contribution is -2.42. The zero-order chi connectivity index (χ0) is 20.0. The van der Waals surface area contributed by atoms with Gasteiger partial charge in [-0.1, -0.05) is 20.8 Å². The highest BCUT2D eigenvalue weighted by molar-refractivity contribution is 14.0. The average molecular weight is 495 g/mol. The second-order valence-electron chi connectivity index (χ2n) is 8.12. The van der Waals surface area contributed by atoms with Gasteiger partial charge in [-0.15, -0.1) is 24.0 Å². The van der Waals surface area contributed by atoms with E-state index in [0.717, 1.165) is 5.76 Å². The summed E-state index contributed by atoms with van der Waals surface area (Å²) < 4.78 is 11.0. The highest BCUT2D eigenvalue weighted by Gasteiger charge is 2.20. The number of rotatable bonds is 5. The number of ether oxygens (including phenoxy) is 1. The van der Waals surface area contributed by atoms with E-state index in [1.807, 2.05) is 20.8 Å². The smallest absolute Gasteiger partial charge is 0.410 e. The lowest BCUT2D eigenvalue weighted by Gasteiger charge is -2.24. The van der Waals surface area contributed by atoms with Crippen LogP contribution in [0.3, 0.4) is 0 Å². The molecule has 0 radical (unpaired) electrons. The summed E-state index contributed by atoms with van der Waals surface area (Å²) in [7, 11) is 3.38. The van der Waals surface area contributed by atoms with Crippen molar-refractivity contribution in [2.24, 2.45) is 4.99 Å². The SMILES string of the molecule is CN=C(NCCN(C)C(=O)OC(C)(C)C)NCc1ncc(C(C)(C)C)o1.I. The predicted molar refractivity (Wildman–Crippen MR) is 118 cm³/mol. The van der Waals surface area contributed by atoms with E-state index in [9.17, 15) is 4.79 Å². The first-order valence-electron chi connectivity index (χ1n) is 8.76. The Kier molecular flexibility index (Phi) is 10.1. The molecule has 0 spiro atoms. The maximum Gasteiger partial charge on any atom is 0.410 e. The van der Waals surface area contributed by atoms with Crippen molar-refractivity contribution in [3.63, 3.8) is 0 Å². The molecule has 0 atom stereocenters. The minimum absolute atomic E-state index is 0. The maximum atomic E-state index is 11.9. The van der Waals surface area contributed by atoms with Crippen molar-refractivity contribution in [3.05, 3.63) is 17.8 Å². The molecule has 27 heavy (non-hydrogen) atoms. The van der Waals surface area contributed by atoms with Crippen molar-refractivity contribution in [2.75, 3.05) is 27.2 Å². The van der Waals surface area contributed by atoms with Crippen LogP contribution >= 0.6 is 24.0 Å². The zero-order valence-electron chi connectivity index (χ0n) is 17.7. The van der Waals surface area contributed by atoms with Gasteiger partial charge >= 0.3 is 6.09 Å². The number of halogens is 1. The number of aromatic nitrogens is 1. The van der Waals surface area contributed by atoms with E-state index >= 15 is 0 Å². The van der Waals surface area contributed by atoms with Crippen molar-refractivity contribution < 1.29 is 13.9 Å². The minimum Gasteiger partial charge on any atom is -0.444 e. The van der Waals surface area contributed by atoms with Gasteiger partial charge in [-0.05, 0) is 20.8 Å². The lowest BCUT2D eigenvalue weighted by atomic mass is 9.94. The normalized spacial score (nSPS) is 12.2. The Morgan fingerprint density at radius 1 is 1.26 bits per heavy atom. The molecule has 1 heterocycles. The molecule has 0 saturated carbocycles. The largest absolute Gasteiger partial charge is 0.444 e. The lowest BCUT2D eigenvalue weighted by molar-refractivity contribution is 0.0302. The molecule has 0 aliphatic heterocycles. The van der Waals surface area contributed by atoms with Crippen LogP contribution in [0.15, 0.2) is 15.6 Å². The summed E-state index contributed by atoms with van der Waals surface area (Å²) in [4.78, 5) is 21.9. The van der Waals surface area contributed by atoms with Gasteiger partial charge in [0.1, 0.15) is 11.4 Å². The molecule has 1 aromatic heterocycles. The van der Waals surface area contributed by atoms with E-state index in [0.29, 0.717) is 31.5 Å². The number of nitrogens with zero attached hydrogens (tertiary/aromatic N) is 3. The third-order valence-electron chi connectivity index (χ3n) is 3.37. The van der Waals surface area contributed by atoms with Crippen molar-refractivity contribution in [1.82, 2.24) is 20.5 Å². The number of carbonyl (C=O) groups is 1. The van der Waals surface area contributed by atoms with Gasteiger partial charge in [0.25, 0.3) is 0 Å². The van der Waals surface area contributed by atoms with E-state index in [1.54, 1.807) is 20.3 Å². The number of nitrogens with one attached hydrogen (secondary N) is 2. The zero-order valence-corrected chi connectivity index (χ0v) is 20.0. The second-order valence-corrected chi connectivity index (χ2v) is 8.12. The number of carbonyl (C=O) groups excluding carboxylic acids is 1. The summed E-state index contributed by atoms with van der Waals surface area (Å²) in [5, 5.41) is 6.28. The van der Waals surface area contributed by atoms with Crippen LogP contribution in [0.5, 0.6) is 0 Å². The van der Waals surface area contributed by atoms with Crippen LogP contribution in [0.4, 0.5) is 4.79 Å². The first-order chi connectivity index (χ1) is 11.9. The highest BCUT2D eigenvalue weighted by Crippen LogP contribution is 2.22. The maximum absolute atomic E-state index is 11.9. The van der Waals surface area contributed by atoms with Crippen LogP contribution in [-0.4, -0.2) is 54.7 Å². The van der Waals surface area contributed by atoms with Gasteiger partial charge < -0.3 is 24.7 Å². The summed E-state index contributed by atoms with van der Waals surface area (Å²) >= 11 is 0. The third kappa shape index (κ3) is 9.83. The minimum atomic E-state index is -0.502. The monoisotopic (exact) mass is 495 g/mol. The molecule has 9 heteroatoms. The van der Waals surface area contributed by atoms with Crippen LogP contribution in [0, 0.1) is 0 Å². The fraction of sp³-hybridized carbons (Fsp3) is 0.722. The number of hydrogen-bond donors (Lipinski definition) is 2. The summed E-state index contributed by atoms with van der Waals surface area (Å²) in [6.45, 7) is 13.2. The summed E-state index contributed by atoms with van der Waals surface area (Å²) in [6.07, 6.45) is 1.40. The quantitative estimate of drug-likeness (QED) is 0.371. The van der Waals surface area contributed by atoms with Crippen LogP contribution in [-0.2, 0) is 16.7 Å². The van der Waals surface area contributed by atoms with Crippen molar-refractivity contribution >= 4 is 36.0 Å². The fourth-order valence-corrected chi connectivity index (χ4v) is 1.89. The third-order valence-corrected chi connectivity index (χ3v) is 3.37. The number of amides is 1. The molecule has 8 nitrogen and oxygen atoms in total. The molecule has 0 fully saturated rings. The Labute approximate surface area is 179 Å². The van der Waals surface area contributed by atoms with E-state index in [4.69, 9.17) is 9.15 Å². The van der Waals surface area contributed by atoms with Gasteiger partial charge in [-0.25, -0.2) is 9.78 Å². The first kappa shape index (κ1) is 25.5. The molecule has 1 amide bonds. The first-order valence-corrected chi connectivity index (χ1v) is 8.76. The van der Waals surface area contributed by atoms with Crippen molar-refractivity contribution in [3.8, 4) is 0 Å². The molecule has 1 aromatic rings. The van der Waals surface area contributed by atoms with Crippen LogP contribution < -0.4 is 10.6 Å². The molecule has 0 bridgehead atoms. The molecule has 0 aliphatic carbocycles. The number of hydrogen-bond acceptors (Lipinski definition) is 5. The molecule has 2 N–H and O–H groups in total. The van der Waals surface area contributed by atoms with Gasteiger partial charge in [0.2, 0.25) is 5.89 Å². The van der Waals surface area contributed by atoms with E-state index in [-0.39, 0.29) is 35.5 Å². The number of guanidine groups is 1. The summed E-state index contributed by atoms with van der Waals surface area (Å²) in [5.74, 6) is 2.05. The molecule has 0 unspecified atom stereocenters. The number of aliphatic imine (C=N–C) groups is 1. The van der Waals surface area contributed by atoms with E-state index < -0.39 is 5.60 Å². The van der Waals surface area contributed by atoms with Gasteiger partial charge in [-0.3, -0.25) is 4.99 Å². The molecule has 0 aromatic carbocycles. The number of likely N-dealkylation sites (N-methyl/N-ethyl adjacent to an activating group) is 1. The van der Waals surface area contributed by atoms with Gasteiger partial charge in [0.05, 0.1) is 12.7 Å². The van der Waals surface area contributed by atoms with Crippen LogP contribution in [0.25, 0.3) is 0 Å². The standard InChI is InChI=1S/C18H33N5O3.HI/c1-17(2,3)13-11-21-14(25-13)12-22-15(19-7)20-9-10-23(8)16(24)26-18(4,5)6;/h11H,9-10,12H2,1-8H3,(H2,19,20,22);1H. The molecular weight excluding hydrogens is 461 g/mol. The Hall–Kier alpha value is -1.52. The fourth-order valence-electron chi connectivity index (χ4n) is 1.89. The van der Waals surface area contributed by atoms with Gasteiger partial charge in [0, 0.05) is 32.6 Å².